The molecule has 0 amide bonds. The molecule has 3 unspecified atom stereocenters. The van der Waals surface area contributed by atoms with Crippen LogP contribution in [-0.2, 0) is 9.53 Å². The number of aromatic hydroxyl groups is 1. The van der Waals surface area contributed by atoms with Crippen LogP contribution in [0, 0.1) is 23.1 Å². The Hall–Kier alpha value is -2.15. The van der Waals surface area contributed by atoms with Gasteiger partial charge in [-0.2, -0.15) is 0 Å². The minimum Gasteiger partial charge on any atom is -0.507 e. The summed E-state index contributed by atoms with van der Waals surface area (Å²) < 4.78 is 18.6. The molecule has 5 nitrogen and oxygen atoms in total. The zero-order chi connectivity index (χ0) is 16.6. The monoisotopic (exact) mass is 346 g/mol. The fraction of sp³-hybridized carbons (Fsp3) is 0.412. The largest absolute Gasteiger partial charge is 0.507 e. The summed E-state index contributed by atoms with van der Waals surface area (Å²) in [6.45, 7) is 3.05. The first kappa shape index (κ1) is 14.2. The smallest absolute Gasteiger partial charge is 0.314 e. The van der Waals surface area contributed by atoms with Gasteiger partial charge in [-0.05, 0) is 25.1 Å². The molecule has 2 aromatic rings. The highest BCUT2D eigenvalue weighted by atomic mass is 32.1. The number of esters is 1. The molecule has 124 valence electrons. The third-order valence-corrected chi connectivity index (χ3v) is 6.42. The lowest BCUT2D eigenvalue weighted by Crippen LogP contribution is -2.25. The van der Waals surface area contributed by atoms with E-state index in [1.807, 2.05) is 12.3 Å². The minimum atomic E-state index is -0.411. The quantitative estimate of drug-likeness (QED) is 0.863. The Morgan fingerprint density at radius 3 is 3.17 bits per heavy atom. The van der Waals surface area contributed by atoms with Crippen molar-refractivity contribution in [3.63, 3.8) is 0 Å². The van der Waals surface area contributed by atoms with E-state index < -0.39 is 5.82 Å². The van der Waals surface area contributed by atoms with Crippen LogP contribution in [0.15, 0.2) is 23.6 Å². The molecule has 4 atom stereocenters. The molecule has 1 aromatic carbocycles. The van der Waals surface area contributed by atoms with Crippen molar-refractivity contribution < 1.29 is 19.0 Å². The second-order valence-corrected chi connectivity index (χ2v) is 7.40. The van der Waals surface area contributed by atoms with Crippen LogP contribution in [0.1, 0.15) is 6.92 Å². The van der Waals surface area contributed by atoms with Gasteiger partial charge in [-0.15, -0.1) is 11.3 Å². The van der Waals surface area contributed by atoms with E-state index in [2.05, 4.69) is 9.88 Å². The van der Waals surface area contributed by atoms with Crippen molar-refractivity contribution in [2.45, 2.75) is 13.0 Å². The van der Waals surface area contributed by atoms with E-state index >= 15 is 0 Å². The van der Waals surface area contributed by atoms with Gasteiger partial charge in [0.15, 0.2) is 5.13 Å². The van der Waals surface area contributed by atoms with E-state index in [-0.39, 0.29) is 23.2 Å². The van der Waals surface area contributed by atoms with E-state index in [0.29, 0.717) is 29.7 Å². The summed E-state index contributed by atoms with van der Waals surface area (Å²) >= 11 is 1.45. The van der Waals surface area contributed by atoms with Crippen molar-refractivity contribution in [1.29, 1.82) is 0 Å². The van der Waals surface area contributed by atoms with Crippen LogP contribution < -0.4 is 4.90 Å². The first-order valence-electron chi connectivity index (χ1n) is 7.97. The Labute approximate surface area is 141 Å². The van der Waals surface area contributed by atoms with Crippen LogP contribution in [-0.4, -0.2) is 35.3 Å². The molecule has 24 heavy (non-hydrogen) atoms. The maximum Gasteiger partial charge on any atom is 0.314 e. The lowest BCUT2D eigenvalue weighted by molar-refractivity contribution is -0.147. The molecule has 4 aliphatic rings. The Balaban J connectivity index is 1.41. The van der Waals surface area contributed by atoms with Crippen LogP contribution in [0.4, 0.5) is 9.52 Å². The SMILES string of the molecule is CCOC(=O)[C@]12C3CN(c4nc(-c5cc(F)ccc5O)cs4)C1C32. The number of thiazole rings is 1. The first-order chi connectivity index (χ1) is 11.6. The van der Waals surface area contributed by atoms with Gasteiger partial charge in [0.2, 0.25) is 0 Å². The van der Waals surface area contributed by atoms with Crippen molar-refractivity contribution in [2.75, 3.05) is 18.1 Å². The predicted octanol–water partition coefficient (Wildman–Crippen LogP) is 2.65. The number of carbonyl (C=O) groups excluding carboxylic acids is 1. The highest BCUT2D eigenvalue weighted by molar-refractivity contribution is 7.14. The number of aromatic nitrogens is 1. The van der Waals surface area contributed by atoms with E-state index in [1.54, 1.807) is 0 Å². The third kappa shape index (κ3) is 1.58. The molecular weight excluding hydrogens is 331 g/mol. The van der Waals surface area contributed by atoms with Gasteiger partial charge in [-0.3, -0.25) is 4.79 Å². The number of hydrogen-bond donors (Lipinski definition) is 1. The number of rotatable bonds is 4. The normalized spacial score (nSPS) is 31.8. The lowest BCUT2D eigenvalue weighted by Gasteiger charge is -2.15. The van der Waals surface area contributed by atoms with Crippen LogP contribution >= 0.6 is 11.3 Å². The maximum absolute atomic E-state index is 13.4. The highest BCUT2D eigenvalue weighted by Crippen LogP contribution is 2.86. The Morgan fingerprint density at radius 1 is 1.58 bits per heavy atom. The summed E-state index contributed by atoms with van der Waals surface area (Å²) in [4.78, 5) is 18.9. The molecule has 2 aliphatic carbocycles. The number of hydrogen-bond acceptors (Lipinski definition) is 6. The molecule has 0 radical (unpaired) electrons. The molecule has 3 heterocycles. The minimum absolute atomic E-state index is 0.00703. The number of fused-ring (bicyclic) bond motifs is 1. The van der Waals surface area contributed by atoms with Crippen molar-refractivity contribution in [1.82, 2.24) is 4.98 Å². The number of benzene rings is 1. The van der Waals surface area contributed by atoms with Crippen LogP contribution in [0.2, 0.25) is 0 Å². The van der Waals surface area contributed by atoms with Gasteiger partial charge in [0.05, 0.1) is 23.8 Å². The number of nitrogens with zero attached hydrogens (tertiary/aromatic N) is 2. The molecule has 6 rings (SSSR count). The molecule has 0 spiro atoms. The number of carbonyl (C=O) groups is 1. The van der Waals surface area contributed by atoms with Gasteiger partial charge in [0.25, 0.3) is 0 Å². The van der Waals surface area contributed by atoms with Gasteiger partial charge in [-0.1, -0.05) is 0 Å². The molecule has 2 saturated heterocycles. The van der Waals surface area contributed by atoms with Gasteiger partial charge in [-0.25, -0.2) is 9.37 Å². The fourth-order valence-electron chi connectivity index (χ4n) is 4.38. The number of phenols is 1. The van der Waals surface area contributed by atoms with Crippen molar-refractivity contribution >= 4 is 22.4 Å². The zero-order valence-electron chi connectivity index (χ0n) is 12.9. The third-order valence-electron chi connectivity index (χ3n) is 5.54. The number of halogens is 1. The van der Waals surface area contributed by atoms with Gasteiger partial charge in [0, 0.05) is 29.3 Å². The van der Waals surface area contributed by atoms with Gasteiger partial charge in [0.1, 0.15) is 11.6 Å². The van der Waals surface area contributed by atoms with E-state index in [9.17, 15) is 14.3 Å². The molecule has 2 bridgehead atoms. The summed E-state index contributed by atoms with van der Waals surface area (Å²) in [7, 11) is 0. The highest BCUT2D eigenvalue weighted by Gasteiger charge is 2.97. The average molecular weight is 346 g/mol. The van der Waals surface area contributed by atoms with Crippen LogP contribution in [0.25, 0.3) is 11.3 Å². The standard InChI is InChI=1S/C17H15FN2O3S/c1-2-23-15(22)17-10-6-20(14(17)13(10)17)16-19-11(7-24-16)9-5-8(18)3-4-12(9)21/h3-5,7,10,13-14,21H,2,6H2,1H3/t10?,13?,14?,17-/m0/s1. The molecule has 4 fully saturated rings. The Morgan fingerprint density at radius 2 is 2.42 bits per heavy atom. The summed E-state index contributed by atoms with van der Waals surface area (Å²) in [5, 5.41) is 12.5. The number of phenolic OH excluding ortho intramolecular Hbond substituents is 1. The number of ether oxygens (including phenoxy) is 1. The number of anilines is 1. The topological polar surface area (TPSA) is 62.7 Å². The molecule has 2 saturated carbocycles. The van der Waals surface area contributed by atoms with Crippen molar-refractivity contribution in [3.8, 4) is 17.0 Å². The zero-order valence-corrected chi connectivity index (χ0v) is 13.7. The predicted molar refractivity (Wildman–Crippen MR) is 86.4 cm³/mol. The molecule has 7 heteroatoms. The number of piperidine rings is 1. The van der Waals surface area contributed by atoms with E-state index in [1.165, 1.54) is 29.5 Å². The second-order valence-electron chi connectivity index (χ2n) is 6.56. The summed E-state index contributed by atoms with van der Waals surface area (Å²) in [5.74, 6) is 0.314. The lowest BCUT2D eigenvalue weighted by atomic mass is 10.1. The summed E-state index contributed by atoms with van der Waals surface area (Å²) in [6, 6.07) is 4.02. The molecule has 1 N–H and O–H groups in total. The first-order valence-corrected chi connectivity index (χ1v) is 8.85. The average Bonchev–Trinajstić information content (AvgIpc) is 3.13. The van der Waals surface area contributed by atoms with E-state index in [4.69, 9.17) is 4.74 Å². The van der Waals surface area contributed by atoms with Gasteiger partial charge < -0.3 is 14.7 Å². The van der Waals surface area contributed by atoms with Crippen LogP contribution in [0.3, 0.4) is 0 Å². The fourth-order valence-corrected chi connectivity index (χ4v) is 5.26. The van der Waals surface area contributed by atoms with Crippen molar-refractivity contribution in [3.05, 3.63) is 29.4 Å². The second kappa shape index (κ2) is 4.47. The molecule has 2 aliphatic heterocycles. The maximum atomic E-state index is 13.4. The molecule has 1 aromatic heterocycles. The summed E-state index contributed by atoms with van der Waals surface area (Å²) in [6.07, 6.45) is 0. The van der Waals surface area contributed by atoms with Crippen LogP contribution in [0.5, 0.6) is 5.75 Å². The molecular formula is C17H15FN2O3S. The van der Waals surface area contributed by atoms with Gasteiger partial charge >= 0.3 is 5.97 Å². The Kier molecular flexibility index (Phi) is 2.65. The van der Waals surface area contributed by atoms with E-state index in [0.717, 1.165) is 11.7 Å². The summed E-state index contributed by atoms with van der Waals surface area (Å²) in [5.41, 5.74) is 0.649. The Bertz CT molecular complexity index is 863. The van der Waals surface area contributed by atoms with Crippen molar-refractivity contribution in [2.24, 2.45) is 17.3 Å².